The summed E-state index contributed by atoms with van der Waals surface area (Å²) in [6, 6.07) is 9.22. The van der Waals surface area contributed by atoms with E-state index in [1.165, 1.54) is 33.3 Å². The van der Waals surface area contributed by atoms with Gasteiger partial charge in [0.1, 0.15) is 12.2 Å². The second-order valence-electron chi connectivity index (χ2n) is 7.39. The molecule has 2 rings (SSSR count). The van der Waals surface area contributed by atoms with E-state index in [1.54, 1.807) is 24.3 Å². The first kappa shape index (κ1) is 27.0. The molecule has 0 aliphatic heterocycles. The van der Waals surface area contributed by atoms with Crippen LogP contribution in [-0.2, 0) is 0 Å². The molecule has 0 saturated carbocycles. The Morgan fingerprint density at radius 3 is 1.94 bits per heavy atom. The molecule has 11 heteroatoms. The molecule has 0 aliphatic carbocycles. The van der Waals surface area contributed by atoms with Gasteiger partial charge < -0.3 is 45.6 Å². The summed E-state index contributed by atoms with van der Waals surface area (Å²) in [6.45, 7) is -0.417. The van der Waals surface area contributed by atoms with E-state index in [0.29, 0.717) is 11.1 Å². The van der Waals surface area contributed by atoms with Crippen molar-refractivity contribution in [1.29, 1.82) is 0 Å². The highest BCUT2D eigenvalue weighted by atomic mass is 16.6. The van der Waals surface area contributed by atoms with Crippen molar-refractivity contribution in [3.63, 3.8) is 0 Å². The molecule has 0 spiro atoms. The van der Waals surface area contributed by atoms with Crippen molar-refractivity contribution in [1.82, 2.24) is 10.6 Å². The Labute approximate surface area is 196 Å². The molecule has 2 aromatic rings. The fourth-order valence-electron chi connectivity index (χ4n) is 3.19. The number of carbonyl (C=O) groups is 2. The van der Waals surface area contributed by atoms with Crippen LogP contribution >= 0.6 is 0 Å². The van der Waals surface area contributed by atoms with E-state index in [0.717, 1.165) is 0 Å². The number of amides is 2. The lowest BCUT2D eigenvalue weighted by Gasteiger charge is -2.27. The van der Waals surface area contributed by atoms with Crippen LogP contribution in [0, 0.1) is 0 Å². The number of aliphatic hydroxyl groups is 5. The van der Waals surface area contributed by atoms with Crippen LogP contribution in [0.1, 0.15) is 27.1 Å². The predicted octanol–water partition coefficient (Wildman–Crippen LogP) is -0.756. The summed E-state index contributed by atoms with van der Waals surface area (Å²) in [4.78, 5) is 24.4. The molecule has 0 radical (unpaired) electrons. The van der Waals surface area contributed by atoms with Crippen LogP contribution in [0.2, 0.25) is 0 Å². The van der Waals surface area contributed by atoms with Crippen molar-refractivity contribution in [3.8, 4) is 22.6 Å². The van der Waals surface area contributed by atoms with Gasteiger partial charge in [-0.2, -0.15) is 0 Å². The minimum atomic E-state index is -1.92. The fourth-order valence-corrected chi connectivity index (χ4v) is 3.19. The summed E-state index contributed by atoms with van der Waals surface area (Å²) in [5.74, 6) is -0.576. The molecule has 186 valence electrons. The highest BCUT2D eigenvalue weighted by Crippen LogP contribution is 2.34. The van der Waals surface area contributed by atoms with Gasteiger partial charge in [0.05, 0.1) is 13.2 Å². The summed E-state index contributed by atoms with van der Waals surface area (Å²) in [7, 11) is 4.30. The zero-order chi connectivity index (χ0) is 25.4. The first-order valence-corrected chi connectivity index (χ1v) is 10.4. The molecule has 4 atom stereocenters. The van der Waals surface area contributed by atoms with Crippen LogP contribution < -0.4 is 20.1 Å². The van der Waals surface area contributed by atoms with Crippen molar-refractivity contribution in [2.24, 2.45) is 0 Å². The molecule has 0 saturated heterocycles. The second-order valence-corrected chi connectivity index (χ2v) is 7.39. The number of aliphatic hydroxyl groups excluding tert-OH is 5. The van der Waals surface area contributed by atoms with Gasteiger partial charge in [0, 0.05) is 31.8 Å². The smallest absolute Gasteiger partial charge is 0.251 e. The Morgan fingerprint density at radius 2 is 1.44 bits per heavy atom. The number of hydrogen-bond acceptors (Lipinski definition) is 9. The van der Waals surface area contributed by atoms with Crippen molar-refractivity contribution >= 4 is 11.8 Å². The molecule has 11 nitrogen and oxygen atoms in total. The second kappa shape index (κ2) is 12.3. The third kappa shape index (κ3) is 6.43. The van der Waals surface area contributed by atoms with E-state index in [9.17, 15) is 30.0 Å². The quantitative estimate of drug-likeness (QED) is 0.205. The molecular formula is C23H30N2O9. The lowest BCUT2D eigenvalue weighted by atomic mass is 9.98. The molecule has 7 N–H and O–H groups in total. The average molecular weight is 478 g/mol. The zero-order valence-corrected chi connectivity index (χ0v) is 19.1. The SMILES string of the molecule is CNC(=O)c1cc(C(=O)NC)cc(-c2ccc(OC(O)C(O)C(O)C(O)CCO)c(OC)c2)c1. The number of ether oxygens (including phenoxy) is 2. The van der Waals surface area contributed by atoms with Gasteiger partial charge in [-0.3, -0.25) is 9.59 Å². The first-order valence-electron chi connectivity index (χ1n) is 10.4. The molecule has 0 bridgehead atoms. The zero-order valence-electron chi connectivity index (χ0n) is 19.1. The van der Waals surface area contributed by atoms with Gasteiger partial charge in [-0.1, -0.05) is 6.07 Å². The monoisotopic (exact) mass is 478 g/mol. The fraction of sp³-hybridized carbons (Fsp3) is 0.391. The van der Waals surface area contributed by atoms with Gasteiger partial charge in [-0.05, 0) is 47.9 Å². The molecular weight excluding hydrogens is 448 g/mol. The van der Waals surface area contributed by atoms with Gasteiger partial charge in [0.15, 0.2) is 11.5 Å². The third-order valence-corrected chi connectivity index (χ3v) is 5.12. The van der Waals surface area contributed by atoms with Crippen LogP contribution in [0.15, 0.2) is 36.4 Å². The first-order chi connectivity index (χ1) is 16.2. The molecule has 2 aromatic carbocycles. The Balaban J connectivity index is 2.36. The summed E-state index contributed by atoms with van der Waals surface area (Å²) in [5.41, 5.74) is 1.64. The predicted molar refractivity (Wildman–Crippen MR) is 122 cm³/mol. The minimum Gasteiger partial charge on any atom is -0.493 e. The summed E-state index contributed by atoms with van der Waals surface area (Å²) < 4.78 is 10.6. The molecule has 0 heterocycles. The lowest BCUT2D eigenvalue weighted by Crippen LogP contribution is -2.46. The van der Waals surface area contributed by atoms with Gasteiger partial charge >= 0.3 is 0 Å². The van der Waals surface area contributed by atoms with Crippen molar-refractivity contribution in [2.45, 2.75) is 31.0 Å². The van der Waals surface area contributed by atoms with E-state index >= 15 is 0 Å². The number of nitrogens with one attached hydrogen (secondary N) is 2. The van der Waals surface area contributed by atoms with Crippen LogP contribution in [-0.4, -0.2) is 89.8 Å². The Bertz CT molecular complexity index is 964. The Morgan fingerprint density at radius 1 is 0.853 bits per heavy atom. The van der Waals surface area contributed by atoms with E-state index in [4.69, 9.17) is 14.6 Å². The van der Waals surface area contributed by atoms with Crippen molar-refractivity contribution in [2.75, 3.05) is 27.8 Å². The van der Waals surface area contributed by atoms with Crippen LogP contribution in [0.25, 0.3) is 11.1 Å². The number of rotatable bonds is 11. The van der Waals surface area contributed by atoms with Gasteiger partial charge in [0.25, 0.3) is 11.8 Å². The topological polar surface area (TPSA) is 178 Å². The molecule has 0 fully saturated rings. The van der Waals surface area contributed by atoms with Crippen LogP contribution in [0.4, 0.5) is 0 Å². The highest BCUT2D eigenvalue weighted by Gasteiger charge is 2.32. The number of hydrogen-bond donors (Lipinski definition) is 7. The standard InChI is InChI=1S/C23H30N2O9/c1-24-21(30)14-8-13(9-15(10-14)22(31)25-2)12-4-5-17(18(11-12)33-3)34-23(32)20(29)19(28)16(27)6-7-26/h4-5,8-11,16,19-20,23,26-29,32H,6-7H2,1-3H3,(H,24,30)(H,25,31). The third-order valence-electron chi connectivity index (χ3n) is 5.12. The molecule has 2 amide bonds. The number of methoxy groups -OCH3 is 1. The highest BCUT2D eigenvalue weighted by molar-refractivity contribution is 6.01. The van der Waals surface area contributed by atoms with E-state index in [-0.39, 0.29) is 40.9 Å². The van der Waals surface area contributed by atoms with Crippen LogP contribution in [0.3, 0.4) is 0 Å². The lowest BCUT2D eigenvalue weighted by molar-refractivity contribution is -0.166. The number of benzene rings is 2. The molecule has 4 unspecified atom stereocenters. The average Bonchev–Trinajstić information content (AvgIpc) is 2.86. The van der Waals surface area contributed by atoms with Crippen molar-refractivity contribution in [3.05, 3.63) is 47.5 Å². The van der Waals surface area contributed by atoms with Gasteiger partial charge in [-0.15, -0.1) is 0 Å². The molecule has 34 heavy (non-hydrogen) atoms. The van der Waals surface area contributed by atoms with Crippen LogP contribution in [0.5, 0.6) is 11.5 Å². The Kier molecular flexibility index (Phi) is 9.78. The van der Waals surface area contributed by atoms with E-state index < -0.39 is 31.2 Å². The number of carbonyl (C=O) groups excluding carboxylic acids is 2. The van der Waals surface area contributed by atoms with Gasteiger partial charge in [-0.25, -0.2) is 0 Å². The minimum absolute atomic E-state index is 0.0237. The van der Waals surface area contributed by atoms with Gasteiger partial charge in [0.2, 0.25) is 6.29 Å². The summed E-state index contributed by atoms with van der Waals surface area (Å²) in [5, 5.41) is 53.7. The molecule has 0 aromatic heterocycles. The summed E-state index contributed by atoms with van der Waals surface area (Å²) >= 11 is 0. The normalized spacial score (nSPS) is 14.5. The maximum atomic E-state index is 12.2. The van der Waals surface area contributed by atoms with E-state index in [2.05, 4.69) is 10.6 Å². The largest absolute Gasteiger partial charge is 0.493 e. The summed E-state index contributed by atoms with van der Waals surface area (Å²) in [6.07, 6.45) is -7.21. The Hall–Kier alpha value is -3.22. The molecule has 0 aliphatic rings. The van der Waals surface area contributed by atoms with Crippen molar-refractivity contribution < 1.29 is 44.6 Å². The maximum Gasteiger partial charge on any atom is 0.251 e. The van der Waals surface area contributed by atoms with E-state index in [1.807, 2.05) is 0 Å². The maximum absolute atomic E-state index is 12.2.